The lowest BCUT2D eigenvalue weighted by Gasteiger charge is -2.17. The zero-order valence-electron chi connectivity index (χ0n) is 13.2. The standard InChI is InChI=1S/C17H17F4N3O/c18-14-4-11(3-13(6-14)17(19,20)21)8-24-9-12(16(25)10-24)5-15-7-22-1-2-23-15/h1-4,6-7,12,16,25H,5,8-10H2/t12-,16-/m1/s1. The molecule has 134 valence electrons. The summed E-state index contributed by atoms with van der Waals surface area (Å²) in [5, 5.41) is 10.2. The number of aliphatic hydroxyl groups excluding tert-OH is 1. The van der Waals surface area contributed by atoms with Crippen molar-refractivity contribution < 1.29 is 22.7 Å². The molecule has 1 fully saturated rings. The molecule has 0 saturated carbocycles. The molecule has 1 aliphatic heterocycles. The van der Waals surface area contributed by atoms with E-state index in [0.29, 0.717) is 25.6 Å². The number of β-amino-alcohol motifs (C(OH)–C–C–N with tert-alkyl or cyclic N) is 1. The third-order valence-electron chi connectivity index (χ3n) is 4.26. The maximum atomic E-state index is 13.5. The first-order valence-corrected chi connectivity index (χ1v) is 7.83. The van der Waals surface area contributed by atoms with Gasteiger partial charge in [-0.25, -0.2) is 4.39 Å². The van der Waals surface area contributed by atoms with Crippen LogP contribution in [-0.4, -0.2) is 39.2 Å². The van der Waals surface area contributed by atoms with Gasteiger partial charge in [-0.3, -0.25) is 14.9 Å². The fourth-order valence-electron chi connectivity index (χ4n) is 3.14. The Labute approximate surface area is 142 Å². The van der Waals surface area contributed by atoms with E-state index in [-0.39, 0.29) is 18.0 Å². The molecule has 0 unspecified atom stereocenters. The van der Waals surface area contributed by atoms with Gasteiger partial charge in [0.15, 0.2) is 0 Å². The van der Waals surface area contributed by atoms with Crippen LogP contribution in [0.1, 0.15) is 16.8 Å². The number of rotatable bonds is 4. The minimum absolute atomic E-state index is 0.0904. The summed E-state index contributed by atoms with van der Waals surface area (Å²) in [5.41, 5.74) is -0.0171. The van der Waals surface area contributed by atoms with Gasteiger partial charge in [0.1, 0.15) is 5.82 Å². The lowest BCUT2D eigenvalue weighted by molar-refractivity contribution is -0.137. The van der Waals surface area contributed by atoms with E-state index >= 15 is 0 Å². The Morgan fingerprint density at radius 3 is 2.64 bits per heavy atom. The van der Waals surface area contributed by atoms with Crippen molar-refractivity contribution in [1.82, 2.24) is 14.9 Å². The molecule has 1 aromatic carbocycles. The predicted molar refractivity (Wildman–Crippen MR) is 81.9 cm³/mol. The smallest absolute Gasteiger partial charge is 0.391 e. The zero-order chi connectivity index (χ0) is 18.0. The molecular weight excluding hydrogens is 338 g/mol. The molecule has 1 saturated heterocycles. The Balaban J connectivity index is 1.67. The van der Waals surface area contributed by atoms with E-state index in [1.54, 1.807) is 18.6 Å². The van der Waals surface area contributed by atoms with Crippen LogP contribution in [-0.2, 0) is 19.1 Å². The highest BCUT2D eigenvalue weighted by Gasteiger charge is 2.33. The molecule has 0 amide bonds. The molecule has 0 radical (unpaired) electrons. The van der Waals surface area contributed by atoms with Gasteiger partial charge in [0, 0.05) is 44.1 Å². The summed E-state index contributed by atoms with van der Waals surface area (Å²) in [5.74, 6) is -1.01. The number of nitrogens with zero attached hydrogens (tertiary/aromatic N) is 3. The highest BCUT2D eigenvalue weighted by molar-refractivity contribution is 5.27. The second-order valence-corrected chi connectivity index (χ2v) is 6.27. The normalized spacial score (nSPS) is 21.6. The fourth-order valence-corrected chi connectivity index (χ4v) is 3.14. The van der Waals surface area contributed by atoms with Crippen LogP contribution in [0.2, 0.25) is 0 Å². The van der Waals surface area contributed by atoms with Crippen LogP contribution >= 0.6 is 0 Å². The van der Waals surface area contributed by atoms with Gasteiger partial charge in [0.25, 0.3) is 0 Å². The second kappa shape index (κ2) is 7.05. The number of aliphatic hydroxyl groups is 1. The van der Waals surface area contributed by atoms with Crippen molar-refractivity contribution in [2.45, 2.75) is 25.2 Å². The van der Waals surface area contributed by atoms with Crippen molar-refractivity contribution in [2.24, 2.45) is 5.92 Å². The van der Waals surface area contributed by atoms with Crippen LogP contribution in [0.5, 0.6) is 0 Å². The van der Waals surface area contributed by atoms with Gasteiger partial charge in [-0.05, 0) is 30.2 Å². The van der Waals surface area contributed by atoms with E-state index < -0.39 is 23.7 Å². The molecule has 2 aromatic rings. The molecular formula is C17H17F4N3O. The summed E-state index contributed by atoms with van der Waals surface area (Å²) in [6.45, 7) is 0.966. The van der Waals surface area contributed by atoms with Gasteiger partial charge >= 0.3 is 6.18 Å². The third kappa shape index (κ3) is 4.52. The summed E-state index contributed by atoms with van der Waals surface area (Å²) in [6.07, 6.45) is 0.0800. The average molecular weight is 355 g/mol. The van der Waals surface area contributed by atoms with E-state index in [9.17, 15) is 22.7 Å². The van der Waals surface area contributed by atoms with Gasteiger partial charge in [0.05, 0.1) is 17.4 Å². The number of likely N-dealkylation sites (tertiary alicyclic amines) is 1. The van der Waals surface area contributed by atoms with Crippen LogP contribution < -0.4 is 0 Å². The molecule has 3 rings (SSSR count). The summed E-state index contributed by atoms with van der Waals surface area (Å²) < 4.78 is 51.9. The number of hydrogen-bond acceptors (Lipinski definition) is 4. The van der Waals surface area contributed by atoms with Gasteiger partial charge in [0.2, 0.25) is 0 Å². The monoisotopic (exact) mass is 355 g/mol. The molecule has 25 heavy (non-hydrogen) atoms. The Bertz CT molecular complexity index is 724. The van der Waals surface area contributed by atoms with Gasteiger partial charge < -0.3 is 5.11 Å². The predicted octanol–water partition coefficient (Wildman–Crippen LogP) is 2.67. The van der Waals surface area contributed by atoms with Crippen molar-refractivity contribution in [2.75, 3.05) is 13.1 Å². The molecule has 2 heterocycles. The highest BCUT2D eigenvalue weighted by atomic mass is 19.4. The van der Waals surface area contributed by atoms with E-state index in [1.807, 2.05) is 4.90 Å². The molecule has 8 heteroatoms. The zero-order valence-corrected chi connectivity index (χ0v) is 13.2. The van der Waals surface area contributed by atoms with Crippen LogP contribution in [0.25, 0.3) is 0 Å². The lowest BCUT2D eigenvalue weighted by atomic mass is 10.0. The summed E-state index contributed by atoms with van der Waals surface area (Å²) in [7, 11) is 0. The first-order chi connectivity index (χ1) is 11.8. The largest absolute Gasteiger partial charge is 0.416 e. The molecule has 1 aromatic heterocycles. The molecule has 1 N–H and O–H groups in total. The topological polar surface area (TPSA) is 49.2 Å². The number of benzene rings is 1. The highest BCUT2D eigenvalue weighted by Crippen LogP contribution is 2.31. The first kappa shape index (κ1) is 17.8. The molecule has 1 aliphatic rings. The van der Waals surface area contributed by atoms with Gasteiger partial charge in [-0.2, -0.15) is 13.2 Å². The summed E-state index contributed by atoms with van der Waals surface area (Å²) in [4.78, 5) is 9.96. The number of aromatic nitrogens is 2. The maximum Gasteiger partial charge on any atom is 0.416 e. The minimum atomic E-state index is -4.59. The SMILES string of the molecule is O[C@@H]1CN(Cc2cc(F)cc(C(F)(F)F)c2)C[C@H]1Cc1cnccn1. The Hall–Kier alpha value is -2.06. The lowest BCUT2D eigenvalue weighted by Crippen LogP contribution is -2.22. The average Bonchev–Trinajstić information content (AvgIpc) is 2.86. The molecule has 2 atom stereocenters. The van der Waals surface area contributed by atoms with Gasteiger partial charge in [-0.15, -0.1) is 0 Å². The van der Waals surface area contributed by atoms with E-state index in [2.05, 4.69) is 9.97 Å². The molecule has 0 spiro atoms. The molecule has 4 nitrogen and oxygen atoms in total. The number of hydrogen-bond donors (Lipinski definition) is 1. The van der Waals surface area contributed by atoms with Crippen molar-refractivity contribution in [1.29, 1.82) is 0 Å². The molecule has 0 aliphatic carbocycles. The first-order valence-electron chi connectivity index (χ1n) is 7.83. The van der Waals surface area contributed by atoms with Crippen molar-refractivity contribution >= 4 is 0 Å². The van der Waals surface area contributed by atoms with Crippen LogP contribution in [0.4, 0.5) is 17.6 Å². The minimum Gasteiger partial charge on any atom is -0.391 e. The van der Waals surface area contributed by atoms with Crippen molar-refractivity contribution in [3.8, 4) is 0 Å². The summed E-state index contributed by atoms with van der Waals surface area (Å²) >= 11 is 0. The fraction of sp³-hybridized carbons (Fsp3) is 0.412. The Morgan fingerprint density at radius 1 is 1.16 bits per heavy atom. The molecule has 0 bridgehead atoms. The van der Waals surface area contributed by atoms with Gasteiger partial charge in [-0.1, -0.05) is 0 Å². The maximum absolute atomic E-state index is 13.5. The number of halogens is 4. The summed E-state index contributed by atoms with van der Waals surface area (Å²) in [6, 6.07) is 2.53. The Kier molecular flexibility index (Phi) is 5.01. The quantitative estimate of drug-likeness (QED) is 0.857. The van der Waals surface area contributed by atoms with Crippen LogP contribution in [0.15, 0.2) is 36.8 Å². The van der Waals surface area contributed by atoms with Crippen molar-refractivity contribution in [3.05, 3.63) is 59.4 Å². The van der Waals surface area contributed by atoms with E-state index in [0.717, 1.165) is 17.8 Å². The Morgan fingerprint density at radius 2 is 1.96 bits per heavy atom. The third-order valence-corrected chi connectivity index (χ3v) is 4.26. The van der Waals surface area contributed by atoms with Crippen LogP contribution in [0.3, 0.4) is 0 Å². The van der Waals surface area contributed by atoms with E-state index in [4.69, 9.17) is 0 Å². The van der Waals surface area contributed by atoms with Crippen molar-refractivity contribution in [3.63, 3.8) is 0 Å². The van der Waals surface area contributed by atoms with Crippen LogP contribution in [0, 0.1) is 11.7 Å². The van der Waals surface area contributed by atoms with E-state index in [1.165, 1.54) is 0 Å². The number of alkyl halides is 3. The second-order valence-electron chi connectivity index (χ2n) is 6.27.